The zero-order chi connectivity index (χ0) is 18.5. The molecule has 134 valence electrons. The summed E-state index contributed by atoms with van der Waals surface area (Å²) in [6.07, 6.45) is 4.03. The Bertz CT molecular complexity index is 1020. The monoisotopic (exact) mass is 368 g/mol. The molecule has 1 fully saturated rings. The lowest BCUT2D eigenvalue weighted by Crippen LogP contribution is -2.19. The van der Waals surface area contributed by atoms with Crippen molar-refractivity contribution >= 4 is 23.1 Å². The highest BCUT2D eigenvalue weighted by Gasteiger charge is 2.50. The minimum Gasteiger partial charge on any atom is -0.382 e. The quantitative estimate of drug-likeness (QED) is 0.320. The Morgan fingerprint density at radius 1 is 1.27 bits per heavy atom. The molecule has 1 saturated carbocycles. The molecule has 0 bridgehead atoms. The lowest BCUT2D eigenvalue weighted by atomic mass is 9.93. The van der Waals surface area contributed by atoms with Crippen molar-refractivity contribution in [3.8, 4) is 0 Å². The molecule has 0 amide bonds. The number of amidine groups is 1. The van der Waals surface area contributed by atoms with E-state index in [4.69, 9.17) is 23.2 Å². The SMILES string of the molecule is CC(C)c1cccn2c(C3(c4ccc(Cl)c(/C(N)=N/N)c4)CC3)nnc12. The predicted octanol–water partition coefficient (Wildman–Crippen LogP) is 3.17. The minimum absolute atomic E-state index is 0.177. The van der Waals surface area contributed by atoms with Crippen LogP contribution in [-0.2, 0) is 5.41 Å². The van der Waals surface area contributed by atoms with Crippen LogP contribution in [0.5, 0.6) is 0 Å². The highest BCUT2D eigenvalue weighted by molar-refractivity contribution is 6.34. The van der Waals surface area contributed by atoms with Gasteiger partial charge >= 0.3 is 0 Å². The van der Waals surface area contributed by atoms with Gasteiger partial charge in [0.2, 0.25) is 0 Å². The number of aromatic nitrogens is 3. The fourth-order valence-corrected chi connectivity index (χ4v) is 3.78. The van der Waals surface area contributed by atoms with Crippen molar-refractivity contribution in [3.05, 3.63) is 64.1 Å². The van der Waals surface area contributed by atoms with E-state index in [-0.39, 0.29) is 11.3 Å². The van der Waals surface area contributed by atoms with Crippen LogP contribution in [0.3, 0.4) is 0 Å². The van der Waals surface area contributed by atoms with E-state index in [0.717, 1.165) is 29.9 Å². The summed E-state index contributed by atoms with van der Waals surface area (Å²) in [5.41, 5.74) is 9.58. The second-order valence-electron chi connectivity index (χ2n) is 7.13. The van der Waals surface area contributed by atoms with E-state index < -0.39 is 0 Å². The number of hydrogen-bond acceptors (Lipinski definition) is 4. The molecule has 1 aromatic carbocycles. The van der Waals surface area contributed by atoms with Gasteiger partial charge in [0.05, 0.1) is 10.4 Å². The van der Waals surface area contributed by atoms with E-state index in [0.29, 0.717) is 16.5 Å². The molecule has 2 aromatic heterocycles. The molecule has 0 radical (unpaired) electrons. The number of hydrogen-bond donors (Lipinski definition) is 2. The Kier molecular flexibility index (Phi) is 3.88. The molecule has 4 N–H and O–H groups in total. The first-order valence-electron chi connectivity index (χ1n) is 8.66. The average Bonchev–Trinajstić information content (AvgIpc) is 3.33. The third-order valence-electron chi connectivity index (χ3n) is 5.20. The van der Waals surface area contributed by atoms with Crippen LogP contribution in [0.15, 0.2) is 41.6 Å². The maximum absolute atomic E-state index is 6.27. The van der Waals surface area contributed by atoms with Gasteiger partial charge in [0.15, 0.2) is 11.5 Å². The van der Waals surface area contributed by atoms with Crippen LogP contribution >= 0.6 is 11.6 Å². The van der Waals surface area contributed by atoms with Gasteiger partial charge in [0.1, 0.15) is 5.82 Å². The van der Waals surface area contributed by atoms with Crippen LogP contribution in [0.4, 0.5) is 0 Å². The van der Waals surface area contributed by atoms with E-state index in [1.807, 2.05) is 24.4 Å². The maximum Gasteiger partial charge on any atom is 0.164 e. The Morgan fingerprint density at radius 2 is 2.04 bits per heavy atom. The standard InChI is InChI=1S/C19H21ClN6/c1-11(2)13-4-3-9-26-17(13)24-25-18(26)19(7-8-19)12-5-6-15(20)14(10-12)16(21)23-22/h3-6,9-11H,7-8,22H2,1-2H3,(H2,21,23). The summed E-state index contributed by atoms with van der Waals surface area (Å²) in [5, 5.41) is 13.2. The highest BCUT2D eigenvalue weighted by atomic mass is 35.5. The number of nitrogens with zero attached hydrogens (tertiary/aromatic N) is 4. The molecule has 4 rings (SSSR count). The van der Waals surface area contributed by atoms with Crippen LogP contribution in [0.2, 0.25) is 5.02 Å². The zero-order valence-electron chi connectivity index (χ0n) is 14.8. The second kappa shape index (κ2) is 5.99. The predicted molar refractivity (Wildman–Crippen MR) is 103 cm³/mol. The van der Waals surface area contributed by atoms with Gasteiger partial charge in [-0.2, -0.15) is 5.10 Å². The molecule has 26 heavy (non-hydrogen) atoms. The number of hydrazone groups is 1. The molecule has 6 nitrogen and oxygen atoms in total. The van der Waals surface area contributed by atoms with Gasteiger partial charge < -0.3 is 11.6 Å². The molecule has 0 atom stereocenters. The summed E-state index contributed by atoms with van der Waals surface area (Å²) < 4.78 is 2.11. The molecule has 0 saturated heterocycles. The van der Waals surface area contributed by atoms with Crippen molar-refractivity contribution in [2.45, 2.75) is 38.0 Å². The molecule has 0 unspecified atom stereocenters. The average molecular weight is 369 g/mol. The van der Waals surface area contributed by atoms with Gasteiger partial charge in [-0.1, -0.05) is 37.6 Å². The molecule has 1 aliphatic rings. The minimum atomic E-state index is -0.177. The smallest absolute Gasteiger partial charge is 0.164 e. The third-order valence-corrected chi connectivity index (χ3v) is 5.53. The van der Waals surface area contributed by atoms with Gasteiger partial charge in [-0.15, -0.1) is 10.2 Å². The Labute approximate surface area is 156 Å². The lowest BCUT2D eigenvalue weighted by molar-refractivity contribution is 0.738. The van der Waals surface area contributed by atoms with Gasteiger partial charge in [-0.3, -0.25) is 4.40 Å². The number of halogens is 1. The maximum atomic E-state index is 6.27. The summed E-state index contributed by atoms with van der Waals surface area (Å²) in [6.45, 7) is 4.33. The number of rotatable bonds is 4. The lowest BCUT2D eigenvalue weighted by Gasteiger charge is -2.16. The third kappa shape index (κ3) is 2.44. The first-order chi connectivity index (χ1) is 12.5. The summed E-state index contributed by atoms with van der Waals surface area (Å²) >= 11 is 6.27. The van der Waals surface area contributed by atoms with Crippen molar-refractivity contribution in [2.24, 2.45) is 16.7 Å². The van der Waals surface area contributed by atoms with Gasteiger partial charge in [0, 0.05) is 11.8 Å². The van der Waals surface area contributed by atoms with E-state index in [1.165, 1.54) is 5.56 Å². The molecule has 0 spiro atoms. The molecular weight excluding hydrogens is 348 g/mol. The second-order valence-corrected chi connectivity index (χ2v) is 7.53. The zero-order valence-corrected chi connectivity index (χ0v) is 15.5. The number of nitrogens with two attached hydrogens (primary N) is 2. The largest absolute Gasteiger partial charge is 0.382 e. The van der Waals surface area contributed by atoms with Crippen LogP contribution in [0.25, 0.3) is 5.65 Å². The Morgan fingerprint density at radius 3 is 2.69 bits per heavy atom. The molecule has 1 aliphatic carbocycles. The molecular formula is C19H21ClN6. The van der Waals surface area contributed by atoms with E-state index in [9.17, 15) is 0 Å². The van der Waals surface area contributed by atoms with Crippen LogP contribution in [0, 0.1) is 0 Å². The van der Waals surface area contributed by atoms with Crippen molar-refractivity contribution in [2.75, 3.05) is 0 Å². The first-order valence-corrected chi connectivity index (χ1v) is 9.03. The summed E-state index contributed by atoms with van der Waals surface area (Å²) in [6, 6.07) is 9.99. The van der Waals surface area contributed by atoms with Crippen molar-refractivity contribution in [1.82, 2.24) is 14.6 Å². The number of pyridine rings is 1. The van der Waals surface area contributed by atoms with Gasteiger partial charge in [-0.05, 0) is 48.1 Å². The van der Waals surface area contributed by atoms with Crippen LogP contribution < -0.4 is 11.6 Å². The Hall–Kier alpha value is -2.60. The van der Waals surface area contributed by atoms with Crippen LogP contribution in [0.1, 0.15) is 55.1 Å². The number of benzene rings is 1. The van der Waals surface area contributed by atoms with Crippen molar-refractivity contribution in [3.63, 3.8) is 0 Å². The first kappa shape index (κ1) is 16.8. The Balaban J connectivity index is 1.87. The summed E-state index contributed by atoms with van der Waals surface area (Å²) in [7, 11) is 0. The summed E-state index contributed by atoms with van der Waals surface area (Å²) in [5.74, 6) is 6.90. The van der Waals surface area contributed by atoms with Crippen molar-refractivity contribution in [1.29, 1.82) is 0 Å². The fourth-order valence-electron chi connectivity index (χ4n) is 3.57. The molecule has 2 heterocycles. The summed E-state index contributed by atoms with van der Waals surface area (Å²) in [4.78, 5) is 0. The fraction of sp³-hybridized carbons (Fsp3) is 0.316. The highest BCUT2D eigenvalue weighted by Crippen LogP contribution is 2.53. The van der Waals surface area contributed by atoms with Gasteiger partial charge in [-0.25, -0.2) is 0 Å². The van der Waals surface area contributed by atoms with E-state index in [1.54, 1.807) is 0 Å². The molecule has 7 heteroatoms. The number of fused-ring (bicyclic) bond motifs is 1. The molecule has 3 aromatic rings. The topological polar surface area (TPSA) is 94.6 Å². The van der Waals surface area contributed by atoms with Crippen LogP contribution in [-0.4, -0.2) is 20.4 Å². The normalized spacial score (nSPS) is 16.4. The van der Waals surface area contributed by atoms with E-state index >= 15 is 0 Å². The van der Waals surface area contributed by atoms with Crippen molar-refractivity contribution < 1.29 is 0 Å². The van der Waals surface area contributed by atoms with E-state index in [2.05, 4.69) is 45.7 Å². The van der Waals surface area contributed by atoms with Gasteiger partial charge in [0.25, 0.3) is 0 Å². The molecule has 0 aliphatic heterocycles.